The normalized spacial score (nSPS) is 9.91. The van der Waals surface area contributed by atoms with Crippen LogP contribution in [-0.4, -0.2) is 25.5 Å². The number of carbonyl (C=O) groups is 2. The summed E-state index contributed by atoms with van der Waals surface area (Å²) in [5.74, 6) is -0.199. The molecule has 0 aliphatic carbocycles. The van der Waals surface area contributed by atoms with Gasteiger partial charge in [0.25, 0.3) is 5.91 Å². The van der Waals surface area contributed by atoms with E-state index in [0.717, 1.165) is 4.47 Å². The van der Waals surface area contributed by atoms with Crippen LogP contribution in [0.2, 0.25) is 0 Å². The molecular weight excluding hydrogens is 348 g/mol. The highest BCUT2D eigenvalue weighted by molar-refractivity contribution is 9.10. The Kier molecular flexibility index (Phi) is 5.55. The number of anilines is 1. The highest BCUT2D eigenvalue weighted by atomic mass is 79.9. The van der Waals surface area contributed by atoms with Crippen LogP contribution in [0, 0.1) is 0 Å². The fourth-order valence-electron chi connectivity index (χ4n) is 1.86. The van der Waals surface area contributed by atoms with Crippen LogP contribution in [-0.2, 0) is 4.79 Å². The summed E-state index contributed by atoms with van der Waals surface area (Å²) in [6.45, 7) is -0.122. The second-order valence-electron chi connectivity index (χ2n) is 4.44. The van der Waals surface area contributed by atoms with Crippen LogP contribution in [0.25, 0.3) is 0 Å². The first kappa shape index (κ1) is 16.0. The number of nitrogens with one attached hydrogen (secondary N) is 2. The van der Waals surface area contributed by atoms with Crippen molar-refractivity contribution in [1.82, 2.24) is 5.32 Å². The third kappa shape index (κ3) is 4.33. The van der Waals surface area contributed by atoms with E-state index in [1.165, 1.54) is 7.11 Å². The van der Waals surface area contributed by atoms with E-state index in [4.69, 9.17) is 4.74 Å². The minimum Gasteiger partial charge on any atom is -0.496 e. The Labute approximate surface area is 136 Å². The Balaban J connectivity index is 1.92. The third-order valence-corrected chi connectivity index (χ3v) is 3.36. The average Bonchev–Trinajstić information content (AvgIpc) is 2.52. The highest BCUT2D eigenvalue weighted by Gasteiger charge is 2.12. The predicted molar refractivity (Wildman–Crippen MR) is 88.1 cm³/mol. The van der Waals surface area contributed by atoms with Crippen molar-refractivity contribution < 1.29 is 14.3 Å². The van der Waals surface area contributed by atoms with Crippen molar-refractivity contribution in [2.75, 3.05) is 19.0 Å². The number of amides is 2. The maximum Gasteiger partial charge on any atom is 0.255 e. The molecule has 2 aromatic rings. The second kappa shape index (κ2) is 7.61. The first-order valence-electron chi connectivity index (χ1n) is 6.57. The van der Waals surface area contributed by atoms with Crippen LogP contribution < -0.4 is 15.4 Å². The average molecular weight is 363 g/mol. The standard InChI is InChI=1S/C16H15BrN2O3/c1-22-14-8-3-2-7-13(14)16(21)18-10-15(20)19-12-6-4-5-11(17)9-12/h2-9H,10H2,1H3,(H,18,21)(H,19,20). The van der Waals surface area contributed by atoms with E-state index < -0.39 is 0 Å². The van der Waals surface area contributed by atoms with Gasteiger partial charge in [0.15, 0.2) is 0 Å². The number of rotatable bonds is 5. The Hall–Kier alpha value is -2.34. The lowest BCUT2D eigenvalue weighted by Gasteiger charge is -2.09. The van der Waals surface area contributed by atoms with Crippen molar-refractivity contribution in [1.29, 1.82) is 0 Å². The molecule has 22 heavy (non-hydrogen) atoms. The number of halogens is 1. The molecule has 0 unspecified atom stereocenters. The van der Waals surface area contributed by atoms with E-state index in [9.17, 15) is 9.59 Å². The van der Waals surface area contributed by atoms with Crippen molar-refractivity contribution in [3.05, 3.63) is 58.6 Å². The molecule has 0 fully saturated rings. The number of methoxy groups -OCH3 is 1. The summed E-state index contributed by atoms with van der Waals surface area (Å²) in [6, 6.07) is 14.1. The van der Waals surface area contributed by atoms with Gasteiger partial charge >= 0.3 is 0 Å². The van der Waals surface area contributed by atoms with E-state index in [2.05, 4.69) is 26.6 Å². The van der Waals surface area contributed by atoms with Gasteiger partial charge in [-0.15, -0.1) is 0 Å². The maximum absolute atomic E-state index is 12.1. The molecule has 114 valence electrons. The smallest absolute Gasteiger partial charge is 0.255 e. The molecule has 2 rings (SSSR count). The van der Waals surface area contributed by atoms with Gasteiger partial charge in [0.1, 0.15) is 5.75 Å². The number of para-hydroxylation sites is 1. The van der Waals surface area contributed by atoms with Gasteiger partial charge in [0.05, 0.1) is 19.2 Å². The first-order valence-corrected chi connectivity index (χ1v) is 7.36. The third-order valence-electron chi connectivity index (χ3n) is 2.87. The van der Waals surface area contributed by atoms with Gasteiger partial charge in [-0.2, -0.15) is 0 Å². The molecule has 2 amide bonds. The van der Waals surface area contributed by atoms with Gasteiger partial charge in [-0.3, -0.25) is 9.59 Å². The number of hydrogen-bond donors (Lipinski definition) is 2. The molecule has 0 aromatic heterocycles. The van der Waals surface area contributed by atoms with Gasteiger partial charge in [-0.25, -0.2) is 0 Å². The molecule has 0 atom stereocenters. The number of carbonyl (C=O) groups excluding carboxylic acids is 2. The summed E-state index contributed by atoms with van der Waals surface area (Å²) in [5.41, 5.74) is 1.05. The van der Waals surface area contributed by atoms with Crippen molar-refractivity contribution in [2.24, 2.45) is 0 Å². The molecule has 5 nitrogen and oxygen atoms in total. The fraction of sp³-hybridized carbons (Fsp3) is 0.125. The monoisotopic (exact) mass is 362 g/mol. The quantitative estimate of drug-likeness (QED) is 0.859. The van der Waals surface area contributed by atoms with Crippen molar-refractivity contribution in [3.63, 3.8) is 0 Å². The molecule has 2 aromatic carbocycles. The molecule has 0 radical (unpaired) electrons. The van der Waals surface area contributed by atoms with Gasteiger partial charge in [-0.05, 0) is 30.3 Å². The molecule has 0 spiro atoms. The zero-order chi connectivity index (χ0) is 15.9. The van der Waals surface area contributed by atoms with E-state index in [1.807, 2.05) is 12.1 Å². The minimum atomic E-state index is -0.359. The Morgan fingerprint density at radius 2 is 1.91 bits per heavy atom. The van der Waals surface area contributed by atoms with E-state index in [-0.39, 0.29) is 18.4 Å². The van der Waals surface area contributed by atoms with E-state index in [1.54, 1.807) is 36.4 Å². The van der Waals surface area contributed by atoms with Crippen LogP contribution in [0.5, 0.6) is 5.75 Å². The summed E-state index contributed by atoms with van der Waals surface area (Å²) < 4.78 is 5.98. The molecule has 0 saturated heterocycles. The lowest BCUT2D eigenvalue weighted by molar-refractivity contribution is -0.115. The molecule has 0 bridgehead atoms. The molecule has 0 aliphatic rings. The lowest BCUT2D eigenvalue weighted by atomic mass is 10.2. The predicted octanol–water partition coefficient (Wildman–Crippen LogP) is 2.83. The van der Waals surface area contributed by atoms with Crippen molar-refractivity contribution in [3.8, 4) is 5.75 Å². The van der Waals surface area contributed by atoms with Crippen LogP contribution in [0.4, 0.5) is 5.69 Å². The maximum atomic E-state index is 12.1. The number of benzene rings is 2. The van der Waals surface area contributed by atoms with Crippen LogP contribution in [0.15, 0.2) is 53.0 Å². The Morgan fingerprint density at radius 3 is 2.64 bits per heavy atom. The minimum absolute atomic E-state index is 0.122. The first-order chi connectivity index (χ1) is 10.6. The largest absolute Gasteiger partial charge is 0.496 e. The lowest BCUT2D eigenvalue weighted by Crippen LogP contribution is -2.33. The van der Waals surface area contributed by atoms with Crippen LogP contribution in [0.1, 0.15) is 10.4 Å². The zero-order valence-electron chi connectivity index (χ0n) is 11.9. The second-order valence-corrected chi connectivity index (χ2v) is 5.36. The molecule has 0 heterocycles. The summed E-state index contributed by atoms with van der Waals surface area (Å²) in [6.07, 6.45) is 0. The van der Waals surface area contributed by atoms with Gasteiger partial charge in [0, 0.05) is 10.2 Å². The summed E-state index contributed by atoms with van der Waals surface area (Å²) in [5, 5.41) is 5.27. The summed E-state index contributed by atoms with van der Waals surface area (Å²) in [4.78, 5) is 23.9. The van der Waals surface area contributed by atoms with Gasteiger partial charge in [-0.1, -0.05) is 34.1 Å². The van der Waals surface area contributed by atoms with E-state index >= 15 is 0 Å². The van der Waals surface area contributed by atoms with Gasteiger partial charge in [0.2, 0.25) is 5.91 Å². The van der Waals surface area contributed by atoms with Crippen molar-refractivity contribution >= 4 is 33.4 Å². The Morgan fingerprint density at radius 1 is 1.14 bits per heavy atom. The SMILES string of the molecule is COc1ccccc1C(=O)NCC(=O)Nc1cccc(Br)c1. The van der Waals surface area contributed by atoms with Crippen molar-refractivity contribution in [2.45, 2.75) is 0 Å². The topological polar surface area (TPSA) is 67.4 Å². The highest BCUT2D eigenvalue weighted by Crippen LogP contribution is 2.17. The number of hydrogen-bond acceptors (Lipinski definition) is 3. The summed E-state index contributed by atoms with van der Waals surface area (Å²) >= 11 is 3.33. The molecule has 0 saturated carbocycles. The van der Waals surface area contributed by atoms with E-state index in [0.29, 0.717) is 17.0 Å². The molecule has 6 heteroatoms. The van der Waals surface area contributed by atoms with Gasteiger partial charge < -0.3 is 15.4 Å². The fourth-order valence-corrected chi connectivity index (χ4v) is 2.26. The van der Waals surface area contributed by atoms with Crippen LogP contribution in [0.3, 0.4) is 0 Å². The molecular formula is C16H15BrN2O3. The molecule has 0 aliphatic heterocycles. The number of ether oxygens (including phenoxy) is 1. The molecule has 2 N–H and O–H groups in total. The van der Waals surface area contributed by atoms with Crippen LogP contribution >= 0.6 is 15.9 Å². The Bertz CT molecular complexity index is 689. The summed E-state index contributed by atoms with van der Waals surface area (Å²) in [7, 11) is 1.49. The zero-order valence-corrected chi connectivity index (χ0v) is 13.5.